The summed E-state index contributed by atoms with van der Waals surface area (Å²) < 4.78 is 0. The average molecular weight is 358 g/mol. The van der Waals surface area contributed by atoms with Crippen molar-refractivity contribution in [1.29, 1.82) is 0 Å². The van der Waals surface area contributed by atoms with Crippen molar-refractivity contribution in [2.24, 2.45) is 20.6 Å². The number of hydrogen-bond donors (Lipinski definition) is 4. The Morgan fingerprint density at radius 2 is 0.800 bits per heavy atom. The first-order chi connectivity index (χ1) is 11.9. The molecule has 0 unspecified atom stereocenters. The fourth-order valence-electron chi connectivity index (χ4n) is 2.37. The van der Waals surface area contributed by atoms with Crippen LogP contribution in [-0.4, -0.2) is 92.7 Å². The van der Waals surface area contributed by atoms with Gasteiger partial charge in [0.2, 0.25) is 0 Å². The van der Waals surface area contributed by atoms with Crippen molar-refractivity contribution in [2.75, 3.05) is 39.3 Å². The molecule has 0 rings (SSSR count). The van der Waals surface area contributed by atoms with Gasteiger partial charge >= 0.3 is 0 Å². The molecule has 0 spiro atoms. The van der Waals surface area contributed by atoms with E-state index in [2.05, 4.69) is 20.6 Å². The Morgan fingerprint density at radius 3 is 1.00 bits per heavy atom. The van der Waals surface area contributed by atoms with Gasteiger partial charge in [0.15, 0.2) is 0 Å². The summed E-state index contributed by atoms with van der Waals surface area (Å²) in [6.45, 7) is 10.0. The minimum absolute atomic E-state index is 0.456. The Kier molecular flexibility index (Phi) is 12.0. The Labute approximate surface area is 148 Å². The van der Waals surface area contributed by atoms with E-state index in [-0.39, 0.29) is 0 Å². The second kappa shape index (κ2) is 13.1. The van der Waals surface area contributed by atoms with Crippen molar-refractivity contribution in [3.8, 4) is 0 Å². The molecule has 0 aromatic heterocycles. The van der Waals surface area contributed by atoms with Gasteiger partial charge in [-0.25, -0.2) is 0 Å². The lowest BCUT2D eigenvalue weighted by atomic mass is 10.2. The third-order valence-corrected chi connectivity index (χ3v) is 3.44. The molecule has 4 N–H and O–H groups in total. The molecular weight excluding hydrogens is 328 g/mol. The second-order valence-electron chi connectivity index (χ2n) is 6.12. The standard InChI is InChI=1S/C15H30N6O4/c1-12(16-22)8-20(9-13(2)17-23)6-5-7-21(10-14(3)18-24)11-15(4)19-25/h22-25H,5-11H2,1-4H3/b16-12+,17-13+,18-14+,19-15+. The normalized spacial score (nSPS) is 14.6. The van der Waals surface area contributed by atoms with Crippen LogP contribution in [0.15, 0.2) is 20.6 Å². The van der Waals surface area contributed by atoms with E-state index in [0.717, 1.165) is 6.42 Å². The van der Waals surface area contributed by atoms with E-state index in [9.17, 15) is 0 Å². The van der Waals surface area contributed by atoms with Crippen LogP contribution < -0.4 is 0 Å². The third kappa shape index (κ3) is 11.1. The highest BCUT2D eigenvalue weighted by Crippen LogP contribution is 2.00. The van der Waals surface area contributed by atoms with Gasteiger partial charge in [0.1, 0.15) is 0 Å². The molecule has 0 aliphatic heterocycles. The summed E-state index contributed by atoms with van der Waals surface area (Å²) in [5.41, 5.74) is 2.26. The maximum Gasteiger partial charge on any atom is 0.0680 e. The van der Waals surface area contributed by atoms with Crippen molar-refractivity contribution >= 4 is 22.8 Å². The predicted molar refractivity (Wildman–Crippen MR) is 97.1 cm³/mol. The Hall–Kier alpha value is -2.20. The smallest absolute Gasteiger partial charge is 0.0680 e. The van der Waals surface area contributed by atoms with E-state index in [0.29, 0.717) is 62.1 Å². The van der Waals surface area contributed by atoms with Crippen LogP contribution >= 0.6 is 0 Å². The molecule has 10 nitrogen and oxygen atoms in total. The molecule has 0 heterocycles. The van der Waals surface area contributed by atoms with Crippen molar-refractivity contribution in [1.82, 2.24) is 9.80 Å². The van der Waals surface area contributed by atoms with E-state index in [1.54, 1.807) is 27.7 Å². The van der Waals surface area contributed by atoms with Crippen LogP contribution in [0.5, 0.6) is 0 Å². The van der Waals surface area contributed by atoms with Crippen molar-refractivity contribution < 1.29 is 20.8 Å². The van der Waals surface area contributed by atoms with E-state index in [1.165, 1.54) is 0 Å². The Morgan fingerprint density at radius 1 is 0.560 bits per heavy atom. The lowest BCUT2D eigenvalue weighted by molar-refractivity contribution is 0.272. The van der Waals surface area contributed by atoms with Gasteiger partial charge < -0.3 is 20.8 Å². The van der Waals surface area contributed by atoms with E-state index >= 15 is 0 Å². The fourth-order valence-corrected chi connectivity index (χ4v) is 2.37. The van der Waals surface area contributed by atoms with Crippen molar-refractivity contribution in [2.45, 2.75) is 34.1 Å². The minimum Gasteiger partial charge on any atom is -0.411 e. The quantitative estimate of drug-likeness (QED) is 0.236. The van der Waals surface area contributed by atoms with Gasteiger partial charge in [-0.05, 0) is 34.1 Å². The van der Waals surface area contributed by atoms with Gasteiger partial charge in [-0.1, -0.05) is 20.6 Å². The van der Waals surface area contributed by atoms with Gasteiger partial charge in [0, 0.05) is 39.3 Å². The second-order valence-corrected chi connectivity index (χ2v) is 6.12. The molecule has 0 aliphatic rings. The largest absolute Gasteiger partial charge is 0.411 e. The number of rotatable bonds is 12. The SMILES string of the molecule is C/C(CN(CCCN(C/C(C)=N/O)C/C(C)=N/O)C/C(C)=N/O)=N\O. The molecule has 0 bridgehead atoms. The molecule has 0 amide bonds. The molecule has 0 radical (unpaired) electrons. The molecule has 0 aromatic carbocycles. The number of nitrogens with zero attached hydrogens (tertiary/aromatic N) is 6. The van der Waals surface area contributed by atoms with Crippen LogP contribution in [0, 0.1) is 0 Å². The molecule has 0 atom stereocenters. The topological polar surface area (TPSA) is 137 Å². The van der Waals surface area contributed by atoms with Gasteiger partial charge in [-0.15, -0.1) is 0 Å². The number of hydrogen-bond acceptors (Lipinski definition) is 10. The van der Waals surface area contributed by atoms with Crippen LogP contribution in [0.2, 0.25) is 0 Å². The summed E-state index contributed by atoms with van der Waals surface area (Å²) >= 11 is 0. The third-order valence-electron chi connectivity index (χ3n) is 3.44. The highest BCUT2D eigenvalue weighted by molar-refractivity contribution is 5.86. The van der Waals surface area contributed by atoms with Gasteiger partial charge in [0.25, 0.3) is 0 Å². The molecule has 0 fully saturated rings. The molecule has 25 heavy (non-hydrogen) atoms. The van der Waals surface area contributed by atoms with E-state index < -0.39 is 0 Å². The van der Waals surface area contributed by atoms with Gasteiger partial charge in [-0.3, -0.25) is 9.80 Å². The zero-order valence-corrected chi connectivity index (χ0v) is 15.4. The summed E-state index contributed by atoms with van der Waals surface area (Å²) in [7, 11) is 0. The van der Waals surface area contributed by atoms with E-state index in [1.807, 2.05) is 9.80 Å². The summed E-state index contributed by atoms with van der Waals surface area (Å²) in [5.74, 6) is 0. The summed E-state index contributed by atoms with van der Waals surface area (Å²) in [6.07, 6.45) is 0.773. The predicted octanol–water partition coefficient (Wildman–Crippen LogP) is 1.38. The highest BCUT2D eigenvalue weighted by Gasteiger charge is 2.12. The summed E-state index contributed by atoms with van der Waals surface area (Å²) in [6, 6.07) is 0. The van der Waals surface area contributed by atoms with Crippen molar-refractivity contribution in [3.05, 3.63) is 0 Å². The maximum absolute atomic E-state index is 8.84. The summed E-state index contributed by atoms with van der Waals surface area (Å²) in [5, 5.41) is 48.1. The molecular formula is C15H30N6O4. The first kappa shape index (κ1) is 22.8. The average Bonchev–Trinajstić information content (AvgIpc) is 2.60. The molecule has 0 aliphatic carbocycles. The maximum atomic E-state index is 8.84. The van der Waals surface area contributed by atoms with Crippen LogP contribution in [0.25, 0.3) is 0 Å². The molecule has 0 aromatic rings. The monoisotopic (exact) mass is 358 g/mol. The van der Waals surface area contributed by atoms with E-state index in [4.69, 9.17) is 20.8 Å². The van der Waals surface area contributed by atoms with Crippen LogP contribution in [0.4, 0.5) is 0 Å². The van der Waals surface area contributed by atoms with Crippen LogP contribution in [-0.2, 0) is 0 Å². The van der Waals surface area contributed by atoms with Crippen LogP contribution in [0.3, 0.4) is 0 Å². The summed E-state index contributed by atoms with van der Waals surface area (Å²) in [4.78, 5) is 4.00. The fraction of sp³-hybridized carbons (Fsp3) is 0.733. The Balaban J connectivity index is 4.73. The zero-order chi connectivity index (χ0) is 19.2. The minimum atomic E-state index is 0.456. The molecule has 0 saturated carbocycles. The lowest BCUT2D eigenvalue weighted by Gasteiger charge is -2.25. The zero-order valence-electron chi connectivity index (χ0n) is 15.4. The number of oxime groups is 4. The first-order valence-electron chi connectivity index (χ1n) is 8.01. The Bertz CT molecular complexity index is 420. The molecule has 10 heteroatoms. The van der Waals surface area contributed by atoms with Crippen LogP contribution in [0.1, 0.15) is 34.1 Å². The first-order valence-corrected chi connectivity index (χ1v) is 8.01. The highest BCUT2D eigenvalue weighted by atomic mass is 16.4. The van der Waals surface area contributed by atoms with Gasteiger partial charge in [0.05, 0.1) is 22.8 Å². The molecule has 144 valence electrons. The molecule has 0 saturated heterocycles. The van der Waals surface area contributed by atoms with Crippen molar-refractivity contribution in [3.63, 3.8) is 0 Å². The van der Waals surface area contributed by atoms with Gasteiger partial charge in [-0.2, -0.15) is 0 Å². The lowest BCUT2D eigenvalue weighted by Crippen LogP contribution is -2.38.